The van der Waals surface area contributed by atoms with Gasteiger partial charge in [0.1, 0.15) is 17.9 Å². The summed E-state index contributed by atoms with van der Waals surface area (Å²) in [4.78, 5) is 39.3. The minimum atomic E-state index is -0.777. The number of ether oxygens (including phenoxy) is 1. The average Bonchev–Trinajstić information content (AvgIpc) is 3.30. The molecule has 2 heterocycles. The highest BCUT2D eigenvalue weighted by molar-refractivity contribution is 6.39. The first-order chi connectivity index (χ1) is 17.3. The topological polar surface area (TPSA) is 80.6 Å². The van der Waals surface area contributed by atoms with Gasteiger partial charge in [0, 0.05) is 23.0 Å². The van der Waals surface area contributed by atoms with Gasteiger partial charge in [-0.05, 0) is 60.4 Å². The van der Waals surface area contributed by atoms with Crippen molar-refractivity contribution in [2.24, 2.45) is 0 Å². The quantitative estimate of drug-likeness (QED) is 0.286. The Kier molecular flexibility index (Phi) is 7.82. The Morgan fingerprint density at radius 3 is 2.53 bits per heavy atom. The highest BCUT2D eigenvalue weighted by Gasteiger charge is 2.37. The van der Waals surface area contributed by atoms with Crippen molar-refractivity contribution >= 4 is 52.8 Å². The number of imide groups is 2. The summed E-state index contributed by atoms with van der Waals surface area (Å²) in [7, 11) is 0. The number of halogens is 2. The number of carbonyl (C=O) groups is 3. The average molecular weight is 526 g/mol. The lowest BCUT2D eigenvalue weighted by molar-refractivity contribution is -0.122. The second-order valence-electron chi connectivity index (χ2n) is 8.41. The molecule has 4 amide bonds. The van der Waals surface area contributed by atoms with Crippen LogP contribution in [-0.2, 0) is 16.1 Å². The van der Waals surface area contributed by atoms with Crippen molar-refractivity contribution in [2.75, 3.05) is 11.5 Å². The van der Waals surface area contributed by atoms with Crippen LogP contribution in [0.5, 0.6) is 5.75 Å². The third-order valence-electron chi connectivity index (χ3n) is 6.07. The van der Waals surface area contributed by atoms with E-state index in [-0.39, 0.29) is 12.2 Å². The van der Waals surface area contributed by atoms with Crippen LogP contribution >= 0.6 is 23.2 Å². The number of urea groups is 1. The normalized spacial score (nSPS) is 15.8. The van der Waals surface area contributed by atoms with Crippen LogP contribution in [0.1, 0.15) is 37.4 Å². The largest absolute Gasteiger partial charge is 0.490 e. The van der Waals surface area contributed by atoms with Crippen LogP contribution in [-0.4, -0.2) is 29.0 Å². The van der Waals surface area contributed by atoms with Crippen molar-refractivity contribution in [2.45, 2.75) is 32.7 Å². The summed E-state index contributed by atoms with van der Waals surface area (Å²) in [5.41, 5.74) is 1.97. The highest BCUT2D eigenvalue weighted by atomic mass is 35.5. The number of anilines is 1. The molecule has 1 atom stereocenters. The number of amides is 4. The molecule has 0 radical (unpaired) electrons. The molecule has 1 saturated heterocycles. The minimum absolute atomic E-state index is 0.139. The van der Waals surface area contributed by atoms with Crippen LogP contribution in [0.3, 0.4) is 0 Å². The van der Waals surface area contributed by atoms with Gasteiger partial charge in [-0.25, -0.2) is 9.69 Å². The predicted molar refractivity (Wildman–Crippen MR) is 141 cm³/mol. The van der Waals surface area contributed by atoms with Gasteiger partial charge < -0.3 is 9.30 Å². The standard InChI is InChI=1S/C27H25Cl2N3O4/c1-3-17(2)18-6-9-20(10-7-18)32-26(34)22(25(33)30-27(32)35)16-21-5-4-12-31(21)13-14-36-24-15-19(28)8-11-23(24)29/h4-12,15-17H,3,13-14H2,1-2H3,(H,30,33,35)/b22-16-/t17-/m1/s1. The van der Waals surface area contributed by atoms with Gasteiger partial charge >= 0.3 is 6.03 Å². The summed E-state index contributed by atoms with van der Waals surface area (Å²) < 4.78 is 7.57. The van der Waals surface area contributed by atoms with Crippen molar-refractivity contribution in [3.05, 3.63) is 87.7 Å². The van der Waals surface area contributed by atoms with Crippen LogP contribution in [0.25, 0.3) is 6.08 Å². The number of hydrogen-bond acceptors (Lipinski definition) is 4. The number of nitrogens with one attached hydrogen (secondary N) is 1. The number of carbonyl (C=O) groups excluding carboxylic acids is 3. The van der Waals surface area contributed by atoms with E-state index in [2.05, 4.69) is 19.2 Å². The van der Waals surface area contributed by atoms with Crippen LogP contribution in [0.15, 0.2) is 66.4 Å². The van der Waals surface area contributed by atoms with E-state index in [1.807, 2.05) is 16.7 Å². The number of aromatic nitrogens is 1. The predicted octanol–water partition coefficient (Wildman–Crippen LogP) is 6.05. The Morgan fingerprint density at radius 2 is 1.81 bits per heavy atom. The molecule has 1 N–H and O–H groups in total. The zero-order chi connectivity index (χ0) is 25.8. The number of nitrogens with zero attached hydrogens (tertiary/aromatic N) is 2. The van der Waals surface area contributed by atoms with Gasteiger partial charge in [-0.1, -0.05) is 49.2 Å². The number of benzene rings is 2. The van der Waals surface area contributed by atoms with Crippen molar-refractivity contribution in [3.8, 4) is 5.75 Å². The van der Waals surface area contributed by atoms with Crippen LogP contribution < -0.4 is 15.0 Å². The second-order valence-corrected chi connectivity index (χ2v) is 9.25. The van der Waals surface area contributed by atoms with Crippen molar-refractivity contribution in [1.82, 2.24) is 9.88 Å². The van der Waals surface area contributed by atoms with Gasteiger partial charge in [0.2, 0.25) is 0 Å². The Labute approximate surface area is 219 Å². The number of hydrogen-bond donors (Lipinski definition) is 1. The summed E-state index contributed by atoms with van der Waals surface area (Å²) in [5, 5.41) is 3.22. The summed E-state index contributed by atoms with van der Waals surface area (Å²) in [5.74, 6) is -0.609. The van der Waals surface area contributed by atoms with Crippen molar-refractivity contribution < 1.29 is 19.1 Å². The maximum Gasteiger partial charge on any atom is 0.335 e. The first-order valence-electron chi connectivity index (χ1n) is 11.5. The van der Waals surface area contributed by atoms with E-state index in [1.54, 1.807) is 48.7 Å². The van der Waals surface area contributed by atoms with E-state index < -0.39 is 17.8 Å². The molecule has 9 heteroatoms. The molecule has 0 bridgehead atoms. The first-order valence-corrected chi connectivity index (χ1v) is 12.3. The molecule has 1 aliphatic rings. The zero-order valence-corrected chi connectivity index (χ0v) is 21.3. The second kappa shape index (κ2) is 11.0. The van der Waals surface area contributed by atoms with Crippen LogP contribution in [0.2, 0.25) is 10.0 Å². The first kappa shape index (κ1) is 25.5. The van der Waals surface area contributed by atoms with Crippen molar-refractivity contribution in [3.63, 3.8) is 0 Å². The lowest BCUT2D eigenvalue weighted by Crippen LogP contribution is -2.54. The molecule has 3 aromatic rings. The Bertz CT molecular complexity index is 1330. The van der Waals surface area contributed by atoms with Gasteiger partial charge in [0.25, 0.3) is 11.8 Å². The SMILES string of the molecule is CC[C@@H](C)c1ccc(N2C(=O)NC(=O)/C(=C/c3cccn3CCOc3cc(Cl)ccc3Cl)C2=O)cc1. The fourth-order valence-corrected chi connectivity index (χ4v) is 4.17. The van der Waals surface area contributed by atoms with Crippen LogP contribution in [0.4, 0.5) is 10.5 Å². The third kappa shape index (κ3) is 5.48. The van der Waals surface area contributed by atoms with E-state index in [9.17, 15) is 14.4 Å². The fraction of sp³-hybridized carbons (Fsp3) is 0.222. The molecule has 186 valence electrons. The molecule has 1 aliphatic heterocycles. The summed E-state index contributed by atoms with van der Waals surface area (Å²) in [6, 6.07) is 15.0. The fourth-order valence-electron chi connectivity index (χ4n) is 3.83. The molecule has 7 nitrogen and oxygen atoms in total. The van der Waals surface area contributed by atoms with Crippen molar-refractivity contribution in [1.29, 1.82) is 0 Å². The highest BCUT2D eigenvalue weighted by Crippen LogP contribution is 2.28. The maximum absolute atomic E-state index is 13.2. The van der Waals surface area contributed by atoms with Gasteiger partial charge in [0.05, 0.1) is 17.3 Å². The zero-order valence-electron chi connectivity index (χ0n) is 19.8. The van der Waals surface area contributed by atoms with E-state index in [0.29, 0.717) is 39.6 Å². The van der Waals surface area contributed by atoms with Gasteiger partial charge in [-0.3, -0.25) is 14.9 Å². The minimum Gasteiger partial charge on any atom is -0.490 e. The lowest BCUT2D eigenvalue weighted by atomic mass is 9.98. The Morgan fingerprint density at radius 1 is 1.06 bits per heavy atom. The molecule has 0 aliphatic carbocycles. The van der Waals surface area contributed by atoms with E-state index in [4.69, 9.17) is 27.9 Å². The summed E-state index contributed by atoms with van der Waals surface area (Å²) in [6.07, 6.45) is 4.24. The Balaban J connectivity index is 1.52. The van der Waals surface area contributed by atoms with Gasteiger partial charge in [-0.15, -0.1) is 0 Å². The van der Waals surface area contributed by atoms with E-state index in [0.717, 1.165) is 16.9 Å². The van der Waals surface area contributed by atoms with Gasteiger partial charge in [0.15, 0.2) is 0 Å². The van der Waals surface area contributed by atoms with E-state index in [1.165, 1.54) is 6.08 Å². The van der Waals surface area contributed by atoms with Crippen LogP contribution in [0, 0.1) is 0 Å². The monoisotopic (exact) mass is 525 g/mol. The molecule has 0 saturated carbocycles. The molecule has 0 unspecified atom stereocenters. The number of rotatable bonds is 8. The molecule has 0 spiro atoms. The summed E-state index contributed by atoms with van der Waals surface area (Å²) >= 11 is 12.1. The molecular weight excluding hydrogens is 501 g/mol. The molecule has 4 rings (SSSR count). The summed E-state index contributed by atoms with van der Waals surface area (Å²) in [6.45, 7) is 4.90. The smallest absolute Gasteiger partial charge is 0.335 e. The Hall–Kier alpha value is -3.55. The molecule has 1 aromatic heterocycles. The van der Waals surface area contributed by atoms with E-state index >= 15 is 0 Å². The molecule has 2 aromatic carbocycles. The molecule has 36 heavy (non-hydrogen) atoms. The van der Waals surface area contributed by atoms with Gasteiger partial charge in [-0.2, -0.15) is 0 Å². The third-order valence-corrected chi connectivity index (χ3v) is 6.62. The molecule has 1 fully saturated rings. The number of barbiturate groups is 1. The maximum atomic E-state index is 13.2. The molecular formula is C27H25Cl2N3O4. The lowest BCUT2D eigenvalue weighted by Gasteiger charge is -2.26.